The number of benzene rings is 1. The SMILES string of the molecule is Cc1nc(-c2ccc(N(C)CC3CO3)cc2)no1. The maximum absolute atomic E-state index is 5.22. The minimum Gasteiger partial charge on any atom is -0.372 e. The van der Waals surface area contributed by atoms with Gasteiger partial charge in [-0.15, -0.1) is 0 Å². The fraction of sp³-hybridized carbons (Fsp3) is 0.385. The summed E-state index contributed by atoms with van der Waals surface area (Å²) in [6.07, 6.45) is 0.398. The third-order valence-corrected chi connectivity index (χ3v) is 2.97. The van der Waals surface area contributed by atoms with Crippen molar-refractivity contribution < 1.29 is 9.26 Å². The van der Waals surface area contributed by atoms with Crippen LogP contribution >= 0.6 is 0 Å². The highest BCUT2D eigenvalue weighted by Gasteiger charge is 2.24. The molecule has 0 amide bonds. The van der Waals surface area contributed by atoms with E-state index in [0.717, 1.165) is 24.4 Å². The molecule has 1 aromatic carbocycles. The maximum atomic E-state index is 5.22. The van der Waals surface area contributed by atoms with Crippen molar-refractivity contribution in [1.29, 1.82) is 0 Å². The van der Waals surface area contributed by atoms with E-state index in [1.165, 1.54) is 0 Å². The van der Waals surface area contributed by atoms with Crippen LogP contribution in [0.2, 0.25) is 0 Å². The largest absolute Gasteiger partial charge is 0.372 e. The summed E-state index contributed by atoms with van der Waals surface area (Å²) in [7, 11) is 2.06. The molecule has 0 bridgehead atoms. The van der Waals surface area contributed by atoms with Crippen molar-refractivity contribution in [1.82, 2.24) is 10.1 Å². The highest BCUT2D eigenvalue weighted by molar-refractivity contribution is 5.59. The van der Waals surface area contributed by atoms with Crippen LogP contribution in [0.15, 0.2) is 28.8 Å². The van der Waals surface area contributed by atoms with Crippen molar-refractivity contribution in [2.75, 3.05) is 25.1 Å². The third kappa shape index (κ3) is 2.36. The first-order chi connectivity index (χ1) is 8.72. The van der Waals surface area contributed by atoms with E-state index in [0.29, 0.717) is 17.8 Å². The molecule has 1 unspecified atom stereocenters. The van der Waals surface area contributed by atoms with Crippen LogP contribution in [-0.4, -0.2) is 36.4 Å². The second-order valence-corrected chi connectivity index (χ2v) is 4.52. The van der Waals surface area contributed by atoms with E-state index in [4.69, 9.17) is 9.26 Å². The van der Waals surface area contributed by atoms with Gasteiger partial charge in [0.1, 0.15) is 0 Å². The molecule has 0 radical (unpaired) electrons. The molecule has 94 valence electrons. The lowest BCUT2D eigenvalue weighted by atomic mass is 10.2. The van der Waals surface area contributed by atoms with Crippen LogP contribution in [0, 0.1) is 6.92 Å². The summed E-state index contributed by atoms with van der Waals surface area (Å²) >= 11 is 0. The minimum atomic E-state index is 0.398. The van der Waals surface area contributed by atoms with Gasteiger partial charge >= 0.3 is 0 Å². The maximum Gasteiger partial charge on any atom is 0.223 e. The van der Waals surface area contributed by atoms with Gasteiger partial charge in [0.25, 0.3) is 0 Å². The number of likely N-dealkylation sites (N-methyl/N-ethyl adjacent to an activating group) is 1. The van der Waals surface area contributed by atoms with Crippen LogP contribution in [0.4, 0.5) is 5.69 Å². The molecule has 1 aliphatic rings. The summed E-state index contributed by atoms with van der Waals surface area (Å²) in [4.78, 5) is 6.39. The van der Waals surface area contributed by atoms with Crippen LogP contribution in [0.25, 0.3) is 11.4 Å². The number of rotatable bonds is 4. The van der Waals surface area contributed by atoms with Gasteiger partial charge in [-0.2, -0.15) is 4.98 Å². The highest BCUT2D eigenvalue weighted by atomic mass is 16.6. The fourth-order valence-electron chi connectivity index (χ4n) is 1.87. The Kier molecular flexibility index (Phi) is 2.76. The molecular formula is C13H15N3O2. The number of anilines is 1. The highest BCUT2D eigenvalue weighted by Crippen LogP contribution is 2.22. The predicted molar refractivity (Wildman–Crippen MR) is 67.5 cm³/mol. The zero-order valence-electron chi connectivity index (χ0n) is 10.5. The molecule has 18 heavy (non-hydrogen) atoms. The van der Waals surface area contributed by atoms with Gasteiger partial charge in [0.05, 0.1) is 12.7 Å². The Bertz CT molecular complexity index is 531. The molecule has 3 rings (SSSR count). The normalized spacial score (nSPS) is 17.8. The molecule has 5 heteroatoms. The Balaban J connectivity index is 1.75. The Morgan fingerprint density at radius 1 is 1.33 bits per heavy atom. The van der Waals surface area contributed by atoms with Gasteiger partial charge in [-0.25, -0.2) is 0 Å². The Morgan fingerprint density at radius 3 is 2.61 bits per heavy atom. The molecule has 2 aromatic rings. The predicted octanol–water partition coefficient (Wildman–Crippen LogP) is 1.88. The van der Waals surface area contributed by atoms with Gasteiger partial charge in [0, 0.05) is 31.8 Å². The molecule has 0 N–H and O–H groups in total. The van der Waals surface area contributed by atoms with E-state index >= 15 is 0 Å². The van der Waals surface area contributed by atoms with Crippen LogP contribution in [0.1, 0.15) is 5.89 Å². The van der Waals surface area contributed by atoms with Crippen molar-refractivity contribution >= 4 is 5.69 Å². The molecule has 0 aliphatic carbocycles. The zero-order valence-corrected chi connectivity index (χ0v) is 10.5. The van der Waals surface area contributed by atoms with Crippen molar-refractivity contribution in [3.8, 4) is 11.4 Å². The van der Waals surface area contributed by atoms with E-state index in [-0.39, 0.29) is 0 Å². The van der Waals surface area contributed by atoms with Gasteiger partial charge in [0.2, 0.25) is 11.7 Å². The summed E-state index contributed by atoms with van der Waals surface area (Å²) in [5.74, 6) is 1.21. The summed E-state index contributed by atoms with van der Waals surface area (Å²) < 4.78 is 10.2. The van der Waals surface area contributed by atoms with Gasteiger partial charge in [-0.05, 0) is 24.3 Å². The zero-order chi connectivity index (χ0) is 12.5. The number of nitrogens with zero attached hydrogens (tertiary/aromatic N) is 3. The summed E-state index contributed by atoms with van der Waals surface area (Å²) in [5.41, 5.74) is 2.13. The molecule has 5 nitrogen and oxygen atoms in total. The molecule has 0 saturated carbocycles. The van der Waals surface area contributed by atoms with E-state index in [1.54, 1.807) is 6.92 Å². The molecule has 0 spiro atoms. The Labute approximate surface area is 105 Å². The van der Waals surface area contributed by atoms with E-state index in [2.05, 4.69) is 34.2 Å². The Morgan fingerprint density at radius 2 is 2.06 bits per heavy atom. The van der Waals surface area contributed by atoms with Crippen LogP contribution in [0.3, 0.4) is 0 Å². The van der Waals surface area contributed by atoms with Gasteiger partial charge in [-0.1, -0.05) is 5.16 Å². The van der Waals surface area contributed by atoms with Crippen molar-refractivity contribution in [2.24, 2.45) is 0 Å². The van der Waals surface area contributed by atoms with Crippen molar-refractivity contribution in [3.63, 3.8) is 0 Å². The summed E-state index contributed by atoms with van der Waals surface area (Å²) in [6.45, 7) is 3.60. The van der Waals surface area contributed by atoms with Crippen LogP contribution in [-0.2, 0) is 4.74 Å². The number of aryl methyl sites for hydroxylation is 1. The number of ether oxygens (including phenoxy) is 1. The number of hydrogen-bond acceptors (Lipinski definition) is 5. The Hall–Kier alpha value is -1.88. The second kappa shape index (κ2) is 4.42. The molecule has 1 saturated heterocycles. The molecule has 1 aliphatic heterocycles. The van der Waals surface area contributed by atoms with Gasteiger partial charge in [-0.3, -0.25) is 0 Å². The van der Waals surface area contributed by atoms with E-state index < -0.39 is 0 Å². The number of epoxide rings is 1. The quantitative estimate of drug-likeness (QED) is 0.770. The van der Waals surface area contributed by atoms with Crippen molar-refractivity contribution in [3.05, 3.63) is 30.2 Å². The summed E-state index contributed by atoms with van der Waals surface area (Å²) in [6, 6.07) is 8.13. The minimum absolute atomic E-state index is 0.398. The second-order valence-electron chi connectivity index (χ2n) is 4.52. The lowest BCUT2D eigenvalue weighted by Gasteiger charge is -2.17. The molecule has 1 aromatic heterocycles. The fourth-order valence-corrected chi connectivity index (χ4v) is 1.87. The number of aromatic nitrogens is 2. The van der Waals surface area contributed by atoms with Crippen molar-refractivity contribution in [2.45, 2.75) is 13.0 Å². The van der Waals surface area contributed by atoms with E-state index in [9.17, 15) is 0 Å². The lowest BCUT2D eigenvalue weighted by Crippen LogP contribution is -2.22. The third-order valence-electron chi connectivity index (χ3n) is 2.97. The average molecular weight is 245 g/mol. The topological polar surface area (TPSA) is 54.7 Å². The molecule has 2 heterocycles. The average Bonchev–Trinajstić information content (AvgIpc) is 3.09. The summed E-state index contributed by atoms with van der Waals surface area (Å²) in [5, 5.41) is 3.90. The first-order valence-corrected chi connectivity index (χ1v) is 5.96. The smallest absolute Gasteiger partial charge is 0.223 e. The lowest BCUT2D eigenvalue weighted by molar-refractivity contribution is 0.394. The van der Waals surface area contributed by atoms with E-state index in [1.807, 2.05) is 12.1 Å². The molecule has 1 fully saturated rings. The standard InChI is InChI=1S/C13H15N3O2/c1-9-14-13(15-18-9)10-3-5-11(6-4-10)16(2)7-12-8-17-12/h3-6,12H,7-8H2,1-2H3. The molecule has 1 atom stereocenters. The van der Waals surface area contributed by atoms with Gasteiger partial charge in [0.15, 0.2) is 0 Å². The van der Waals surface area contributed by atoms with Crippen LogP contribution in [0.5, 0.6) is 0 Å². The van der Waals surface area contributed by atoms with Gasteiger partial charge < -0.3 is 14.2 Å². The first kappa shape index (κ1) is 11.2. The molecular weight excluding hydrogens is 230 g/mol. The number of hydrogen-bond donors (Lipinski definition) is 0. The van der Waals surface area contributed by atoms with Crippen LogP contribution < -0.4 is 4.90 Å². The first-order valence-electron chi connectivity index (χ1n) is 5.96. The monoisotopic (exact) mass is 245 g/mol.